The molecule has 1 aromatic rings. The van der Waals surface area contributed by atoms with E-state index < -0.39 is 0 Å². The maximum atomic E-state index is 4.48. The quantitative estimate of drug-likeness (QED) is 0.736. The Morgan fingerprint density at radius 1 is 1.20 bits per heavy atom. The Morgan fingerprint density at radius 2 is 1.93 bits per heavy atom. The van der Waals surface area contributed by atoms with E-state index in [-0.39, 0.29) is 0 Å². The van der Waals surface area contributed by atoms with Crippen LogP contribution in [0.3, 0.4) is 0 Å². The molecule has 0 spiro atoms. The fourth-order valence-corrected chi connectivity index (χ4v) is 2.58. The van der Waals surface area contributed by atoms with Gasteiger partial charge < -0.3 is 4.90 Å². The van der Waals surface area contributed by atoms with E-state index >= 15 is 0 Å². The second kappa shape index (κ2) is 3.63. The first-order chi connectivity index (χ1) is 7.34. The van der Waals surface area contributed by atoms with E-state index in [9.17, 15) is 0 Å². The summed E-state index contributed by atoms with van der Waals surface area (Å²) in [7, 11) is 2.22. The minimum Gasteiger partial charge on any atom is -0.306 e. The average Bonchev–Trinajstić information content (AvgIpc) is 2.98. The first-order valence-corrected chi connectivity index (χ1v) is 6.06. The number of likely N-dealkylation sites (tertiary alicyclic amines) is 1. The summed E-state index contributed by atoms with van der Waals surface area (Å²) in [4.78, 5) is 2.42. The van der Waals surface area contributed by atoms with Gasteiger partial charge in [0.2, 0.25) is 0 Å². The van der Waals surface area contributed by atoms with Gasteiger partial charge in [-0.2, -0.15) is 5.10 Å². The SMILES string of the molecule is CN1CCC(c2ccnn2C2CC2)CC1. The van der Waals surface area contributed by atoms with Crippen molar-refractivity contribution >= 4 is 0 Å². The van der Waals surface area contributed by atoms with Gasteiger partial charge in [-0.3, -0.25) is 4.68 Å². The minimum absolute atomic E-state index is 0.731. The molecule has 3 heteroatoms. The Kier molecular flexibility index (Phi) is 2.28. The second-order valence-corrected chi connectivity index (χ2v) is 5.01. The number of rotatable bonds is 2. The summed E-state index contributed by atoms with van der Waals surface area (Å²) >= 11 is 0. The smallest absolute Gasteiger partial charge is 0.0524 e. The standard InChI is InChI=1S/C12H19N3/c1-14-8-5-10(6-9-14)12-4-7-13-15(12)11-2-3-11/h4,7,10-11H,2-3,5-6,8-9H2,1H3. The first-order valence-electron chi connectivity index (χ1n) is 6.06. The summed E-state index contributed by atoms with van der Waals surface area (Å²) < 4.78 is 2.29. The predicted octanol–water partition coefficient (Wildman–Crippen LogP) is 2.03. The van der Waals surface area contributed by atoms with Gasteiger partial charge in [-0.25, -0.2) is 0 Å². The normalized spacial score (nSPS) is 24.6. The molecule has 2 fully saturated rings. The fraction of sp³-hybridized carbons (Fsp3) is 0.750. The summed E-state index contributed by atoms with van der Waals surface area (Å²) in [5, 5.41) is 4.48. The van der Waals surface area contributed by atoms with Gasteiger partial charge in [-0.05, 0) is 51.9 Å². The molecule has 2 heterocycles. The van der Waals surface area contributed by atoms with Crippen LogP contribution in [-0.4, -0.2) is 34.8 Å². The van der Waals surface area contributed by atoms with Crippen LogP contribution in [0.2, 0.25) is 0 Å². The molecule has 1 saturated heterocycles. The Morgan fingerprint density at radius 3 is 2.60 bits per heavy atom. The highest BCUT2D eigenvalue weighted by atomic mass is 15.3. The van der Waals surface area contributed by atoms with Crippen LogP contribution in [0.1, 0.15) is 43.3 Å². The summed E-state index contributed by atoms with van der Waals surface area (Å²) in [5.41, 5.74) is 1.49. The van der Waals surface area contributed by atoms with Gasteiger partial charge in [0.15, 0.2) is 0 Å². The molecule has 0 amide bonds. The molecule has 1 aliphatic carbocycles. The molecule has 1 saturated carbocycles. The highest BCUT2D eigenvalue weighted by Crippen LogP contribution is 2.38. The number of piperidine rings is 1. The highest BCUT2D eigenvalue weighted by Gasteiger charge is 2.29. The van der Waals surface area contributed by atoms with Crippen molar-refractivity contribution in [1.82, 2.24) is 14.7 Å². The van der Waals surface area contributed by atoms with E-state index in [0.29, 0.717) is 0 Å². The number of nitrogens with zero attached hydrogens (tertiary/aromatic N) is 3. The van der Waals surface area contributed by atoms with Gasteiger partial charge in [0.05, 0.1) is 6.04 Å². The third kappa shape index (κ3) is 1.81. The van der Waals surface area contributed by atoms with Crippen molar-refractivity contribution in [3.63, 3.8) is 0 Å². The molecule has 0 bridgehead atoms. The van der Waals surface area contributed by atoms with E-state index in [4.69, 9.17) is 0 Å². The molecule has 3 nitrogen and oxygen atoms in total. The molecule has 0 atom stereocenters. The van der Waals surface area contributed by atoms with E-state index in [2.05, 4.69) is 27.8 Å². The zero-order chi connectivity index (χ0) is 10.3. The number of aromatic nitrogens is 2. The van der Waals surface area contributed by atoms with E-state index in [1.165, 1.54) is 44.5 Å². The summed E-state index contributed by atoms with van der Waals surface area (Å²) in [6.45, 7) is 2.47. The van der Waals surface area contributed by atoms with Crippen molar-refractivity contribution in [2.24, 2.45) is 0 Å². The third-order valence-electron chi connectivity index (χ3n) is 3.73. The van der Waals surface area contributed by atoms with Crippen molar-refractivity contribution in [1.29, 1.82) is 0 Å². The Hall–Kier alpha value is -0.830. The topological polar surface area (TPSA) is 21.1 Å². The monoisotopic (exact) mass is 205 g/mol. The van der Waals surface area contributed by atoms with Crippen LogP contribution >= 0.6 is 0 Å². The highest BCUT2D eigenvalue weighted by molar-refractivity contribution is 5.11. The summed E-state index contributed by atoms with van der Waals surface area (Å²) in [6.07, 6.45) is 7.25. The summed E-state index contributed by atoms with van der Waals surface area (Å²) in [6, 6.07) is 2.96. The molecule has 15 heavy (non-hydrogen) atoms. The molecule has 2 aliphatic rings. The largest absolute Gasteiger partial charge is 0.306 e. The molecule has 0 radical (unpaired) electrons. The lowest BCUT2D eigenvalue weighted by atomic mass is 9.94. The van der Waals surface area contributed by atoms with Crippen molar-refractivity contribution < 1.29 is 0 Å². The summed E-state index contributed by atoms with van der Waals surface area (Å²) in [5.74, 6) is 0.754. The Labute approximate surface area is 91.1 Å². The zero-order valence-corrected chi connectivity index (χ0v) is 9.39. The lowest BCUT2D eigenvalue weighted by Gasteiger charge is -2.29. The van der Waals surface area contributed by atoms with Crippen LogP contribution in [-0.2, 0) is 0 Å². The molecular weight excluding hydrogens is 186 g/mol. The van der Waals surface area contributed by atoms with E-state index in [1.54, 1.807) is 0 Å². The van der Waals surface area contributed by atoms with Gasteiger partial charge in [0, 0.05) is 17.8 Å². The molecule has 1 aliphatic heterocycles. The van der Waals surface area contributed by atoms with Crippen LogP contribution in [0.15, 0.2) is 12.3 Å². The lowest BCUT2D eigenvalue weighted by molar-refractivity contribution is 0.250. The molecule has 0 unspecified atom stereocenters. The minimum atomic E-state index is 0.731. The fourth-order valence-electron chi connectivity index (χ4n) is 2.58. The molecule has 3 rings (SSSR count). The molecule has 1 aromatic heterocycles. The van der Waals surface area contributed by atoms with Gasteiger partial charge in [0.1, 0.15) is 0 Å². The van der Waals surface area contributed by atoms with Crippen molar-refractivity contribution in [2.45, 2.75) is 37.6 Å². The maximum absolute atomic E-state index is 4.48. The van der Waals surface area contributed by atoms with Crippen LogP contribution in [0.4, 0.5) is 0 Å². The number of hydrogen-bond donors (Lipinski definition) is 0. The number of hydrogen-bond acceptors (Lipinski definition) is 2. The van der Waals surface area contributed by atoms with Crippen molar-refractivity contribution in [3.05, 3.63) is 18.0 Å². The van der Waals surface area contributed by atoms with Crippen LogP contribution in [0.5, 0.6) is 0 Å². The van der Waals surface area contributed by atoms with Gasteiger partial charge in [0.25, 0.3) is 0 Å². The first kappa shape index (κ1) is 9.40. The van der Waals surface area contributed by atoms with Crippen molar-refractivity contribution in [2.75, 3.05) is 20.1 Å². The average molecular weight is 205 g/mol. The zero-order valence-electron chi connectivity index (χ0n) is 9.39. The van der Waals surface area contributed by atoms with E-state index in [0.717, 1.165) is 12.0 Å². The molecule has 82 valence electrons. The van der Waals surface area contributed by atoms with Gasteiger partial charge in [-0.1, -0.05) is 0 Å². The van der Waals surface area contributed by atoms with Crippen LogP contribution in [0, 0.1) is 0 Å². The Balaban J connectivity index is 1.77. The van der Waals surface area contributed by atoms with Crippen LogP contribution < -0.4 is 0 Å². The van der Waals surface area contributed by atoms with Crippen molar-refractivity contribution in [3.8, 4) is 0 Å². The molecule has 0 aromatic carbocycles. The Bertz CT molecular complexity index is 332. The van der Waals surface area contributed by atoms with E-state index in [1.807, 2.05) is 6.20 Å². The second-order valence-electron chi connectivity index (χ2n) is 5.01. The van der Waals surface area contributed by atoms with Gasteiger partial charge >= 0.3 is 0 Å². The maximum Gasteiger partial charge on any atom is 0.0524 e. The molecule has 0 N–H and O–H groups in total. The lowest BCUT2D eigenvalue weighted by Crippen LogP contribution is -2.30. The van der Waals surface area contributed by atoms with Crippen LogP contribution in [0.25, 0.3) is 0 Å². The third-order valence-corrected chi connectivity index (χ3v) is 3.73. The van der Waals surface area contributed by atoms with Gasteiger partial charge in [-0.15, -0.1) is 0 Å². The predicted molar refractivity (Wildman–Crippen MR) is 60.0 cm³/mol. The molecular formula is C12H19N3.